The molecule has 3 rings (SSSR count). The van der Waals surface area contributed by atoms with Crippen molar-refractivity contribution in [2.75, 3.05) is 27.2 Å². The molecule has 0 saturated carbocycles. The minimum Gasteiger partial charge on any atom is -0.349 e. The fraction of sp³-hybridized carbons (Fsp3) is 0.471. The third-order valence-electron chi connectivity index (χ3n) is 4.44. The first-order chi connectivity index (χ1) is 11.4. The molecular formula is C17H21ClN4O2. The predicted octanol–water partition coefficient (Wildman–Crippen LogP) is 1.65. The van der Waals surface area contributed by atoms with Crippen molar-refractivity contribution < 1.29 is 4.79 Å². The molecule has 0 aliphatic carbocycles. The van der Waals surface area contributed by atoms with Crippen LogP contribution < -0.4 is 5.56 Å². The van der Waals surface area contributed by atoms with Crippen LogP contribution in [0.5, 0.6) is 0 Å². The maximum atomic E-state index is 12.2. The lowest BCUT2D eigenvalue weighted by molar-refractivity contribution is -0.134. The van der Waals surface area contributed by atoms with Crippen molar-refractivity contribution in [2.45, 2.75) is 19.4 Å². The average molecular weight is 349 g/mol. The van der Waals surface area contributed by atoms with E-state index in [0.717, 1.165) is 31.6 Å². The summed E-state index contributed by atoms with van der Waals surface area (Å²) in [6.07, 6.45) is 3.27. The van der Waals surface area contributed by atoms with Gasteiger partial charge in [-0.05, 0) is 38.1 Å². The third-order valence-corrected chi connectivity index (χ3v) is 4.66. The molecule has 1 aliphatic rings. The van der Waals surface area contributed by atoms with Crippen LogP contribution in [0.2, 0.25) is 5.02 Å². The number of pyridine rings is 1. The summed E-state index contributed by atoms with van der Waals surface area (Å²) in [7, 11) is 3.60. The van der Waals surface area contributed by atoms with Gasteiger partial charge in [0.25, 0.3) is 5.56 Å². The van der Waals surface area contributed by atoms with E-state index in [4.69, 9.17) is 11.6 Å². The number of hydrogen-bond donors (Lipinski definition) is 0. The molecule has 1 saturated heterocycles. The van der Waals surface area contributed by atoms with Crippen molar-refractivity contribution in [3.8, 4) is 0 Å². The van der Waals surface area contributed by atoms with Gasteiger partial charge in [0.1, 0.15) is 5.65 Å². The fourth-order valence-corrected chi connectivity index (χ4v) is 3.30. The second-order valence-electron chi connectivity index (χ2n) is 6.44. The summed E-state index contributed by atoms with van der Waals surface area (Å²) in [4.78, 5) is 32.7. The molecule has 24 heavy (non-hydrogen) atoms. The van der Waals surface area contributed by atoms with E-state index >= 15 is 0 Å². The van der Waals surface area contributed by atoms with Gasteiger partial charge in [0.05, 0.1) is 10.7 Å². The average Bonchev–Trinajstić information content (AvgIpc) is 2.55. The van der Waals surface area contributed by atoms with Crippen molar-refractivity contribution in [1.29, 1.82) is 0 Å². The second-order valence-corrected chi connectivity index (χ2v) is 6.88. The number of fused-ring (bicyclic) bond motifs is 1. The highest BCUT2D eigenvalue weighted by Crippen LogP contribution is 2.20. The van der Waals surface area contributed by atoms with Gasteiger partial charge in [0.15, 0.2) is 0 Å². The number of aromatic nitrogens is 2. The third kappa shape index (κ3) is 3.60. The van der Waals surface area contributed by atoms with E-state index in [9.17, 15) is 9.59 Å². The molecule has 128 valence electrons. The summed E-state index contributed by atoms with van der Waals surface area (Å²) in [5.74, 6) is 0.308. The number of carbonyl (C=O) groups is 1. The summed E-state index contributed by atoms with van der Waals surface area (Å²) in [6, 6.07) is 5.03. The number of amides is 1. The zero-order chi connectivity index (χ0) is 17.3. The predicted molar refractivity (Wildman–Crippen MR) is 93.2 cm³/mol. The highest BCUT2D eigenvalue weighted by Gasteiger charge is 2.26. The van der Waals surface area contributed by atoms with Crippen LogP contribution in [-0.4, -0.2) is 52.3 Å². The Hall–Kier alpha value is -1.92. The maximum Gasteiger partial charge on any atom is 0.258 e. The van der Waals surface area contributed by atoms with Crippen LogP contribution in [0.25, 0.3) is 5.65 Å². The van der Waals surface area contributed by atoms with Gasteiger partial charge in [0, 0.05) is 38.8 Å². The Morgan fingerprint density at radius 1 is 1.33 bits per heavy atom. The first kappa shape index (κ1) is 16.9. The largest absolute Gasteiger partial charge is 0.349 e. The standard InChI is InChI=1S/C17H21ClN4O2/c1-20(2)17(24)12-5-7-21(8-6-12)11-14-9-16(23)22-10-13(18)3-4-15(22)19-14/h3-4,9-10,12H,5-8,11H2,1-2H3. The van der Waals surface area contributed by atoms with Gasteiger partial charge in [0.2, 0.25) is 5.91 Å². The van der Waals surface area contributed by atoms with E-state index in [1.165, 1.54) is 4.40 Å². The SMILES string of the molecule is CN(C)C(=O)C1CCN(Cc2cc(=O)n3cc(Cl)ccc3n2)CC1. The molecule has 0 N–H and O–H groups in total. The van der Waals surface area contributed by atoms with Crippen LogP contribution in [0, 0.1) is 5.92 Å². The number of rotatable bonds is 3. The summed E-state index contributed by atoms with van der Waals surface area (Å²) in [5, 5.41) is 0.506. The summed E-state index contributed by atoms with van der Waals surface area (Å²) >= 11 is 5.92. The Kier molecular flexibility index (Phi) is 4.87. The Bertz CT molecular complexity index is 810. The minimum absolute atomic E-state index is 0.105. The van der Waals surface area contributed by atoms with Crippen LogP contribution in [0.15, 0.2) is 29.2 Å². The van der Waals surface area contributed by atoms with Crippen LogP contribution in [0.3, 0.4) is 0 Å². The van der Waals surface area contributed by atoms with Gasteiger partial charge >= 0.3 is 0 Å². The molecule has 1 fully saturated rings. The van der Waals surface area contributed by atoms with Gasteiger partial charge in [-0.1, -0.05) is 11.6 Å². The molecule has 2 aromatic heterocycles. The molecule has 0 spiro atoms. The molecule has 0 atom stereocenters. The first-order valence-electron chi connectivity index (χ1n) is 8.05. The lowest BCUT2D eigenvalue weighted by Gasteiger charge is -2.32. The van der Waals surface area contributed by atoms with Gasteiger partial charge in [-0.3, -0.25) is 18.9 Å². The summed E-state index contributed by atoms with van der Waals surface area (Å²) in [5.41, 5.74) is 1.22. The number of hydrogen-bond acceptors (Lipinski definition) is 4. The zero-order valence-corrected chi connectivity index (χ0v) is 14.7. The quantitative estimate of drug-likeness (QED) is 0.846. The Morgan fingerprint density at radius 3 is 2.71 bits per heavy atom. The lowest BCUT2D eigenvalue weighted by Crippen LogP contribution is -2.40. The van der Waals surface area contributed by atoms with Crippen molar-refractivity contribution in [3.05, 3.63) is 45.5 Å². The van der Waals surface area contributed by atoms with E-state index in [2.05, 4.69) is 9.88 Å². The Morgan fingerprint density at radius 2 is 2.04 bits per heavy atom. The van der Waals surface area contributed by atoms with Gasteiger partial charge in [-0.15, -0.1) is 0 Å². The highest BCUT2D eigenvalue weighted by molar-refractivity contribution is 6.30. The molecule has 0 radical (unpaired) electrons. The van der Waals surface area contributed by atoms with Gasteiger partial charge in [-0.2, -0.15) is 0 Å². The van der Waals surface area contributed by atoms with Crippen molar-refractivity contribution in [2.24, 2.45) is 5.92 Å². The van der Waals surface area contributed by atoms with E-state index in [-0.39, 0.29) is 17.4 Å². The van der Waals surface area contributed by atoms with Crippen LogP contribution in [-0.2, 0) is 11.3 Å². The fourth-order valence-electron chi connectivity index (χ4n) is 3.14. The van der Waals surface area contributed by atoms with E-state index in [1.807, 2.05) is 0 Å². The lowest BCUT2D eigenvalue weighted by atomic mass is 9.95. The highest BCUT2D eigenvalue weighted by atomic mass is 35.5. The van der Waals surface area contributed by atoms with Crippen molar-refractivity contribution >= 4 is 23.2 Å². The van der Waals surface area contributed by atoms with Crippen molar-refractivity contribution in [3.63, 3.8) is 0 Å². The normalized spacial score (nSPS) is 16.5. The molecule has 7 heteroatoms. The van der Waals surface area contributed by atoms with E-state index in [1.54, 1.807) is 43.4 Å². The number of piperidine rings is 1. The smallest absolute Gasteiger partial charge is 0.258 e. The van der Waals surface area contributed by atoms with Crippen LogP contribution in [0.1, 0.15) is 18.5 Å². The summed E-state index contributed by atoms with van der Waals surface area (Å²) < 4.78 is 1.45. The van der Waals surface area contributed by atoms with E-state index in [0.29, 0.717) is 17.2 Å². The topological polar surface area (TPSA) is 57.9 Å². The molecule has 0 unspecified atom stereocenters. The van der Waals surface area contributed by atoms with Gasteiger partial charge in [-0.25, -0.2) is 4.98 Å². The maximum absolute atomic E-state index is 12.2. The molecule has 1 aliphatic heterocycles. The second kappa shape index (κ2) is 6.91. The Balaban J connectivity index is 1.69. The van der Waals surface area contributed by atoms with E-state index < -0.39 is 0 Å². The number of carbonyl (C=O) groups excluding carboxylic acids is 1. The molecule has 0 bridgehead atoms. The summed E-state index contributed by atoms with van der Waals surface area (Å²) in [6.45, 7) is 2.30. The number of likely N-dealkylation sites (tertiary alicyclic amines) is 1. The molecule has 0 aromatic carbocycles. The zero-order valence-electron chi connectivity index (χ0n) is 13.9. The molecule has 6 nitrogen and oxygen atoms in total. The number of halogens is 1. The van der Waals surface area contributed by atoms with Crippen LogP contribution >= 0.6 is 11.6 Å². The number of nitrogens with zero attached hydrogens (tertiary/aromatic N) is 4. The molecular weight excluding hydrogens is 328 g/mol. The Labute approximate surface area is 145 Å². The van der Waals surface area contributed by atoms with Crippen LogP contribution in [0.4, 0.5) is 0 Å². The first-order valence-corrected chi connectivity index (χ1v) is 8.43. The molecule has 1 amide bonds. The molecule has 2 aromatic rings. The molecule has 3 heterocycles. The van der Waals surface area contributed by atoms with Crippen molar-refractivity contribution in [1.82, 2.24) is 19.2 Å². The minimum atomic E-state index is -0.129. The van der Waals surface area contributed by atoms with Gasteiger partial charge < -0.3 is 4.90 Å². The monoisotopic (exact) mass is 348 g/mol.